The Bertz CT molecular complexity index is 506. The summed E-state index contributed by atoms with van der Waals surface area (Å²) in [7, 11) is 0. The first-order chi connectivity index (χ1) is 12.5. The predicted molar refractivity (Wildman–Crippen MR) is 107 cm³/mol. The largest absolute Gasteiger partial charge is 0.481 e. The molecule has 1 N–H and O–H groups in total. The summed E-state index contributed by atoms with van der Waals surface area (Å²) in [4.78, 5) is 10.6. The summed E-state index contributed by atoms with van der Waals surface area (Å²) in [6.45, 7) is 7.53. The van der Waals surface area contributed by atoms with E-state index in [1.807, 2.05) is 0 Å². The van der Waals surface area contributed by atoms with Crippen LogP contribution in [0.5, 0.6) is 0 Å². The zero-order valence-electron chi connectivity index (χ0n) is 17.0. The van der Waals surface area contributed by atoms with Gasteiger partial charge in [0, 0.05) is 6.42 Å². The summed E-state index contributed by atoms with van der Waals surface area (Å²) in [5, 5.41) is 8.70. The van der Waals surface area contributed by atoms with E-state index in [0.717, 1.165) is 37.7 Å². The van der Waals surface area contributed by atoms with Gasteiger partial charge in [0.15, 0.2) is 0 Å². The van der Waals surface area contributed by atoms with Gasteiger partial charge in [-0.1, -0.05) is 31.1 Å². The monoisotopic (exact) mass is 362 g/mol. The minimum atomic E-state index is -0.697. The van der Waals surface area contributed by atoms with Gasteiger partial charge in [-0.3, -0.25) is 4.79 Å². The number of carbonyl (C=O) groups is 1. The number of allylic oxidation sites excluding steroid dienone is 3. The first-order valence-electron chi connectivity index (χ1n) is 10.7. The van der Waals surface area contributed by atoms with Crippen LogP contribution in [0.15, 0.2) is 23.3 Å². The summed E-state index contributed by atoms with van der Waals surface area (Å²) < 4.78 is 6.45. The van der Waals surface area contributed by atoms with Crippen molar-refractivity contribution in [1.29, 1.82) is 0 Å². The molecule has 0 aromatic carbocycles. The fourth-order valence-corrected chi connectivity index (χ4v) is 4.69. The first kappa shape index (κ1) is 21.2. The number of carboxylic acids is 1. The van der Waals surface area contributed by atoms with Crippen molar-refractivity contribution in [2.75, 3.05) is 6.61 Å². The fourth-order valence-electron chi connectivity index (χ4n) is 4.69. The van der Waals surface area contributed by atoms with Gasteiger partial charge < -0.3 is 9.84 Å². The van der Waals surface area contributed by atoms with Gasteiger partial charge in [0.2, 0.25) is 0 Å². The van der Waals surface area contributed by atoms with Gasteiger partial charge in [-0.05, 0) is 88.5 Å². The van der Waals surface area contributed by atoms with Crippen molar-refractivity contribution in [3.8, 4) is 0 Å². The minimum absolute atomic E-state index is 0.271. The molecule has 3 nitrogen and oxygen atoms in total. The Balaban J connectivity index is 1.80. The van der Waals surface area contributed by atoms with Crippen molar-refractivity contribution in [2.45, 2.75) is 91.1 Å². The average molecular weight is 363 g/mol. The van der Waals surface area contributed by atoms with E-state index in [9.17, 15) is 4.79 Å². The van der Waals surface area contributed by atoms with E-state index in [1.165, 1.54) is 49.7 Å². The molecule has 2 bridgehead atoms. The summed E-state index contributed by atoms with van der Waals surface area (Å²) in [6.07, 6.45) is 15.6. The first-order valence-corrected chi connectivity index (χ1v) is 10.7. The van der Waals surface area contributed by atoms with Gasteiger partial charge in [-0.25, -0.2) is 0 Å². The summed E-state index contributed by atoms with van der Waals surface area (Å²) in [6, 6.07) is 0. The van der Waals surface area contributed by atoms with E-state index in [-0.39, 0.29) is 6.42 Å². The van der Waals surface area contributed by atoms with Gasteiger partial charge in [0.1, 0.15) is 0 Å². The van der Waals surface area contributed by atoms with Crippen LogP contribution in [-0.4, -0.2) is 23.8 Å². The molecular formula is C23H38O3. The summed E-state index contributed by atoms with van der Waals surface area (Å²) >= 11 is 0. The van der Waals surface area contributed by atoms with E-state index >= 15 is 0 Å². The Labute approximate surface area is 159 Å². The molecule has 2 saturated carbocycles. The zero-order valence-corrected chi connectivity index (χ0v) is 17.0. The highest BCUT2D eigenvalue weighted by molar-refractivity contribution is 5.66. The maximum Gasteiger partial charge on any atom is 0.303 e. The van der Waals surface area contributed by atoms with Crippen molar-refractivity contribution in [3.05, 3.63) is 23.3 Å². The molecule has 0 aromatic rings. The van der Waals surface area contributed by atoms with E-state index in [1.54, 1.807) is 0 Å². The number of rotatable bonds is 12. The standard InChI is InChI=1S/C23H38O3/c1-4-5-10-17(2)18(3)16-26-23-20-14-13-19(15-20)21(23)11-8-6-7-9-12-22(24)25/h6,8,19-21,23H,4-5,7,9-16H2,1-3H3,(H,24,25)/b8-6-,18-17?/t19-,20+,21-,23-/m1/s1. The molecule has 0 saturated heterocycles. The number of unbranched alkanes of at least 4 members (excludes halogenated alkanes) is 2. The Morgan fingerprint density at radius 3 is 2.58 bits per heavy atom. The molecule has 2 aliphatic rings. The molecule has 2 fully saturated rings. The van der Waals surface area contributed by atoms with Crippen LogP contribution in [0, 0.1) is 17.8 Å². The van der Waals surface area contributed by atoms with Crippen LogP contribution < -0.4 is 0 Å². The van der Waals surface area contributed by atoms with Crippen LogP contribution in [0.4, 0.5) is 0 Å². The molecule has 2 rings (SSSR count). The Morgan fingerprint density at radius 1 is 1.08 bits per heavy atom. The lowest BCUT2D eigenvalue weighted by Gasteiger charge is -2.31. The van der Waals surface area contributed by atoms with Crippen molar-refractivity contribution < 1.29 is 14.6 Å². The quantitative estimate of drug-likeness (QED) is 0.335. The number of fused-ring (bicyclic) bond motifs is 2. The number of hydrogen-bond acceptors (Lipinski definition) is 2. The van der Waals surface area contributed by atoms with E-state index in [0.29, 0.717) is 12.0 Å². The molecule has 0 radical (unpaired) electrons. The lowest BCUT2D eigenvalue weighted by molar-refractivity contribution is -0.137. The molecule has 2 aliphatic carbocycles. The van der Waals surface area contributed by atoms with Crippen molar-refractivity contribution >= 4 is 5.97 Å². The van der Waals surface area contributed by atoms with Gasteiger partial charge in [0.25, 0.3) is 0 Å². The Kier molecular flexibility index (Phi) is 8.90. The van der Waals surface area contributed by atoms with E-state index in [4.69, 9.17) is 9.84 Å². The number of carboxylic acid groups (broad SMARTS) is 1. The second kappa shape index (κ2) is 10.9. The summed E-state index contributed by atoms with van der Waals surface area (Å²) in [5.74, 6) is 1.55. The van der Waals surface area contributed by atoms with Gasteiger partial charge in [0.05, 0.1) is 12.7 Å². The molecule has 0 heterocycles. The van der Waals surface area contributed by atoms with Crippen LogP contribution in [0.2, 0.25) is 0 Å². The molecule has 0 unspecified atom stereocenters. The van der Waals surface area contributed by atoms with Crippen LogP contribution in [0.25, 0.3) is 0 Å². The zero-order chi connectivity index (χ0) is 18.9. The van der Waals surface area contributed by atoms with Gasteiger partial charge >= 0.3 is 5.97 Å². The number of ether oxygens (including phenoxy) is 1. The average Bonchev–Trinajstić information content (AvgIpc) is 3.21. The molecule has 4 atom stereocenters. The van der Waals surface area contributed by atoms with Crippen molar-refractivity contribution in [1.82, 2.24) is 0 Å². The molecule has 0 aromatic heterocycles. The second-order valence-corrected chi connectivity index (χ2v) is 8.43. The maximum absolute atomic E-state index is 10.6. The van der Waals surface area contributed by atoms with Crippen molar-refractivity contribution in [3.63, 3.8) is 0 Å². The highest BCUT2D eigenvalue weighted by Gasteiger charge is 2.47. The highest BCUT2D eigenvalue weighted by Crippen LogP contribution is 2.51. The third-order valence-corrected chi connectivity index (χ3v) is 6.47. The molecule has 148 valence electrons. The molecular weight excluding hydrogens is 324 g/mol. The predicted octanol–water partition coefficient (Wildman–Crippen LogP) is 6.15. The summed E-state index contributed by atoms with van der Waals surface area (Å²) in [5.41, 5.74) is 2.93. The highest BCUT2D eigenvalue weighted by atomic mass is 16.5. The third kappa shape index (κ3) is 6.26. The lowest BCUT2D eigenvalue weighted by atomic mass is 9.84. The van der Waals surface area contributed by atoms with Gasteiger partial charge in [-0.15, -0.1) is 0 Å². The normalized spacial score (nSPS) is 28.7. The third-order valence-electron chi connectivity index (χ3n) is 6.47. The molecule has 0 spiro atoms. The Hall–Kier alpha value is -1.09. The topological polar surface area (TPSA) is 46.5 Å². The van der Waals surface area contributed by atoms with Crippen LogP contribution in [0.3, 0.4) is 0 Å². The van der Waals surface area contributed by atoms with E-state index < -0.39 is 5.97 Å². The van der Waals surface area contributed by atoms with Crippen LogP contribution in [-0.2, 0) is 9.53 Å². The Morgan fingerprint density at radius 2 is 1.85 bits per heavy atom. The smallest absolute Gasteiger partial charge is 0.303 e. The van der Waals surface area contributed by atoms with Crippen LogP contribution >= 0.6 is 0 Å². The SMILES string of the molecule is CCCCC(C)=C(C)CO[C@@H]1[C@H]2CC[C@H](C2)[C@H]1C/C=C\CCCC(=O)O. The number of aliphatic carboxylic acids is 1. The number of hydrogen-bond donors (Lipinski definition) is 1. The maximum atomic E-state index is 10.6. The van der Waals surface area contributed by atoms with E-state index in [2.05, 4.69) is 32.9 Å². The fraction of sp³-hybridized carbons (Fsp3) is 0.783. The van der Waals surface area contributed by atoms with Gasteiger partial charge in [-0.2, -0.15) is 0 Å². The van der Waals surface area contributed by atoms with Crippen LogP contribution in [0.1, 0.15) is 85.0 Å². The minimum Gasteiger partial charge on any atom is -0.481 e. The molecule has 0 amide bonds. The molecule has 0 aliphatic heterocycles. The van der Waals surface area contributed by atoms with Crippen molar-refractivity contribution in [2.24, 2.45) is 17.8 Å². The molecule has 26 heavy (non-hydrogen) atoms. The molecule has 3 heteroatoms. The second-order valence-electron chi connectivity index (χ2n) is 8.43. The lowest BCUT2D eigenvalue weighted by Crippen LogP contribution is -2.30.